The van der Waals surface area contributed by atoms with Crippen molar-refractivity contribution in [1.82, 2.24) is 0 Å². The zero-order valence-electron chi connectivity index (χ0n) is 5.48. The monoisotopic (exact) mass is 190 g/mol. The maximum absolute atomic E-state index is 5.39. The van der Waals surface area contributed by atoms with Crippen molar-refractivity contribution >= 4 is 28.7 Å². The number of rotatable bonds is 1. The Bertz CT molecular complexity index is 241. The van der Waals surface area contributed by atoms with Crippen LogP contribution < -0.4 is 0 Å². The Kier molecular flexibility index (Phi) is 2.60. The molecule has 0 aromatic heterocycles. The van der Waals surface area contributed by atoms with Crippen molar-refractivity contribution < 1.29 is 4.52 Å². The summed E-state index contributed by atoms with van der Waals surface area (Å²) >= 11 is 6.76. The molecule has 0 radical (unpaired) electrons. The van der Waals surface area contributed by atoms with Crippen LogP contribution in [-0.4, -0.2) is 12.4 Å². The summed E-state index contributed by atoms with van der Waals surface area (Å²) in [4.78, 5) is 0. The minimum absolute atomic E-state index is 0.182. The van der Waals surface area contributed by atoms with Crippen molar-refractivity contribution in [3.63, 3.8) is 0 Å². The van der Waals surface area contributed by atoms with Gasteiger partial charge in [0.25, 0.3) is 0 Å². The fourth-order valence-electron chi connectivity index (χ4n) is 0.602. The molecule has 1 aliphatic heterocycles. The first kappa shape index (κ1) is 8.36. The predicted octanol–water partition coefficient (Wildman–Crippen LogP) is 2.20. The van der Waals surface area contributed by atoms with Crippen LogP contribution in [0.15, 0.2) is 11.9 Å². The Morgan fingerprint density at radius 2 is 2.60 bits per heavy atom. The van der Waals surface area contributed by atoms with Crippen molar-refractivity contribution in [3.8, 4) is 12.3 Å². The molecule has 0 saturated heterocycles. The van der Waals surface area contributed by atoms with Crippen LogP contribution in [0.4, 0.5) is 0 Å². The zero-order valence-corrected chi connectivity index (χ0v) is 8.01. The molecule has 0 fully saturated rings. The quantitative estimate of drug-likeness (QED) is 0.463. The molecule has 0 spiro atoms. The van der Waals surface area contributed by atoms with Crippen molar-refractivity contribution in [3.05, 3.63) is 11.9 Å². The number of hydrogen-bond acceptors (Lipinski definition) is 3. The normalized spacial score (nSPS) is 37.8. The van der Waals surface area contributed by atoms with Crippen LogP contribution in [0.1, 0.15) is 0 Å². The van der Waals surface area contributed by atoms with Crippen LogP contribution >= 0.6 is 16.8 Å². The highest BCUT2D eigenvalue weighted by Crippen LogP contribution is 2.63. The average Bonchev–Trinajstić information content (AvgIpc) is 2.33. The minimum atomic E-state index is -1.70. The third kappa shape index (κ3) is 1.65. The van der Waals surface area contributed by atoms with E-state index in [0.29, 0.717) is 0 Å². The first-order valence-electron chi connectivity index (χ1n) is 2.69. The van der Waals surface area contributed by atoms with E-state index in [1.807, 2.05) is 18.1 Å². The molecule has 1 heterocycles. The van der Waals surface area contributed by atoms with Gasteiger partial charge in [0, 0.05) is 0 Å². The predicted molar refractivity (Wildman–Crippen MR) is 50.6 cm³/mol. The van der Waals surface area contributed by atoms with Gasteiger partial charge in [-0.05, 0) is 18.1 Å². The van der Waals surface area contributed by atoms with Crippen LogP contribution in [0.25, 0.3) is 0 Å². The van der Waals surface area contributed by atoms with E-state index in [0.717, 1.165) is 0 Å². The molecule has 54 valence electrons. The van der Waals surface area contributed by atoms with Crippen molar-refractivity contribution in [2.24, 2.45) is 0 Å². The lowest BCUT2D eigenvalue weighted by atomic mass is 10.4. The summed E-state index contributed by atoms with van der Waals surface area (Å²) in [7, 11) is 0. The molecular formula is C6H7OPS2. The van der Waals surface area contributed by atoms with Crippen LogP contribution in [0.3, 0.4) is 0 Å². The second-order valence-electron chi connectivity index (χ2n) is 1.76. The molecule has 0 aromatic rings. The van der Waals surface area contributed by atoms with Gasteiger partial charge in [0.1, 0.15) is 11.6 Å². The Morgan fingerprint density at radius 3 is 2.90 bits per heavy atom. The van der Waals surface area contributed by atoms with Gasteiger partial charge >= 0.3 is 0 Å². The van der Waals surface area contributed by atoms with E-state index >= 15 is 0 Å². The van der Waals surface area contributed by atoms with Crippen LogP contribution in [0.2, 0.25) is 0 Å². The highest BCUT2D eigenvalue weighted by atomic mass is 32.9. The zero-order chi connectivity index (χ0) is 7.61. The topological polar surface area (TPSA) is 9.23 Å². The van der Waals surface area contributed by atoms with Gasteiger partial charge in [-0.1, -0.05) is 29.1 Å². The summed E-state index contributed by atoms with van der Waals surface area (Å²) in [5.41, 5.74) is -1.70. The van der Waals surface area contributed by atoms with Crippen molar-refractivity contribution in [2.75, 3.05) is 6.26 Å². The maximum Gasteiger partial charge on any atom is 0.143 e. The van der Waals surface area contributed by atoms with Gasteiger partial charge in [-0.3, -0.25) is 0 Å². The third-order valence-corrected chi connectivity index (χ3v) is 6.81. The number of hydrogen-bond donors (Lipinski definition) is 0. The van der Waals surface area contributed by atoms with Gasteiger partial charge in [-0.15, -0.1) is 6.42 Å². The van der Waals surface area contributed by atoms with Gasteiger partial charge < -0.3 is 4.52 Å². The lowest BCUT2D eigenvalue weighted by Crippen LogP contribution is -1.95. The molecule has 1 nitrogen and oxygen atoms in total. The first-order valence-corrected chi connectivity index (χ1v) is 7.31. The molecule has 0 saturated carbocycles. The molecule has 4 heteroatoms. The van der Waals surface area contributed by atoms with Gasteiger partial charge in [-0.2, -0.15) is 0 Å². The third-order valence-electron chi connectivity index (χ3n) is 1.12. The largest absolute Gasteiger partial charge is 0.318 e. The molecule has 0 aliphatic carbocycles. The van der Waals surface area contributed by atoms with Crippen molar-refractivity contribution in [1.29, 1.82) is 0 Å². The SMILES string of the molecule is C#CC1C=CP(=S)(SC)O1. The summed E-state index contributed by atoms with van der Waals surface area (Å²) in [5.74, 6) is 4.42. The molecule has 0 bridgehead atoms. The summed E-state index contributed by atoms with van der Waals surface area (Å²) in [6.45, 7) is 0. The number of terminal acetylenes is 1. The highest BCUT2D eigenvalue weighted by Gasteiger charge is 2.22. The molecule has 1 rings (SSSR count). The molecule has 0 amide bonds. The van der Waals surface area contributed by atoms with E-state index < -0.39 is 5.47 Å². The minimum Gasteiger partial charge on any atom is -0.318 e. The van der Waals surface area contributed by atoms with Crippen LogP contribution in [0.5, 0.6) is 0 Å². The van der Waals surface area contributed by atoms with Crippen LogP contribution in [0, 0.1) is 12.3 Å². The summed E-state index contributed by atoms with van der Waals surface area (Å²) < 4.78 is 5.39. The smallest absolute Gasteiger partial charge is 0.143 e. The molecule has 2 atom stereocenters. The second kappa shape index (κ2) is 3.11. The molecule has 0 N–H and O–H groups in total. The molecule has 2 unspecified atom stereocenters. The van der Waals surface area contributed by atoms with E-state index in [2.05, 4.69) is 5.92 Å². The molecule has 10 heavy (non-hydrogen) atoms. The van der Waals surface area contributed by atoms with E-state index in [9.17, 15) is 0 Å². The first-order chi connectivity index (χ1) is 4.70. The molecule has 0 aromatic carbocycles. The summed E-state index contributed by atoms with van der Waals surface area (Å²) in [5, 5.41) is 0. The van der Waals surface area contributed by atoms with Crippen molar-refractivity contribution in [2.45, 2.75) is 6.10 Å². The van der Waals surface area contributed by atoms with E-state index in [1.54, 1.807) is 11.4 Å². The van der Waals surface area contributed by atoms with E-state index in [1.165, 1.54) is 0 Å². The lowest BCUT2D eigenvalue weighted by Gasteiger charge is -2.10. The fraction of sp³-hybridized carbons (Fsp3) is 0.333. The Labute approximate surface area is 70.1 Å². The van der Waals surface area contributed by atoms with Gasteiger partial charge in [0.15, 0.2) is 0 Å². The Hall–Kier alpha value is 0.260. The molecule has 1 aliphatic rings. The van der Waals surface area contributed by atoms with Gasteiger partial charge in [0.05, 0.1) is 0 Å². The second-order valence-corrected chi connectivity index (χ2v) is 8.75. The van der Waals surface area contributed by atoms with Gasteiger partial charge in [-0.25, -0.2) is 0 Å². The Morgan fingerprint density at radius 1 is 1.90 bits per heavy atom. The molecular weight excluding hydrogens is 183 g/mol. The summed E-state index contributed by atoms with van der Waals surface area (Å²) in [6.07, 6.45) is 8.77. The fourth-order valence-corrected chi connectivity index (χ4v) is 3.30. The standard InChI is InChI=1S/C6H7OPS2/c1-3-6-4-5-8(9,7-6)10-2/h1,4-6H,2H3. The van der Waals surface area contributed by atoms with Gasteiger partial charge in [0.2, 0.25) is 0 Å². The van der Waals surface area contributed by atoms with E-state index in [4.69, 9.17) is 22.8 Å². The van der Waals surface area contributed by atoms with E-state index in [-0.39, 0.29) is 6.10 Å². The highest BCUT2D eigenvalue weighted by molar-refractivity contribution is 8.70. The average molecular weight is 190 g/mol. The lowest BCUT2D eigenvalue weighted by molar-refractivity contribution is 0.360. The Balaban J connectivity index is 2.71. The maximum atomic E-state index is 5.39. The van der Waals surface area contributed by atoms with Crippen LogP contribution in [-0.2, 0) is 16.3 Å². The summed E-state index contributed by atoms with van der Waals surface area (Å²) in [6, 6.07) is 0.